The first kappa shape index (κ1) is 28.3. The van der Waals surface area contributed by atoms with Gasteiger partial charge < -0.3 is 19.4 Å². The molecule has 5 aromatic rings. The van der Waals surface area contributed by atoms with Crippen molar-refractivity contribution in [3.05, 3.63) is 110 Å². The van der Waals surface area contributed by atoms with Crippen LogP contribution in [-0.4, -0.2) is 27.2 Å². The van der Waals surface area contributed by atoms with Crippen LogP contribution in [0.2, 0.25) is 0 Å². The molecule has 1 saturated carbocycles. The zero-order chi connectivity index (χ0) is 29.2. The second-order valence-corrected chi connectivity index (χ2v) is 12.2. The predicted molar refractivity (Wildman–Crippen MR) is 170 cm³/mol. The highest BCUT2D eigenvalue weighted by atomic mass is 79.9. The number of halogens is 1. The number of pyridine rings is 1. The van der Waals surface area contributed by atoms with E-state index in [1.54, 1.807) is 11.6 Å². The SMILES string of the molecule is Cn1c(=O)c(C(c2cccc(Br)c2)c2[nH]c3ccccc3c2CCCOC(=O)C2CCCCC2)c(O)c2ccccc21. The zero-order valence-electron chi connectivity index (χ0n) is 23.7. The first-order valence-electron chi connectivity index (χ1n) is 14.8. The number of aromatic nitrogens is 2. The molecule has 2 aromatic heterocycles. The van der Waals surface area contributed by atoms with E-state index >= 15 is 0 Å². The molecule has 1 aliphatic carbocycles. The Morgan fingerprint density at radius 1 is 1.02 bits per heavy atom. The normalized spacial score (nSPS) is 14.8. The molecule has 0 saturated heterocycles. The highest BCUT2D eigenvalue weighted by Gasteiger charge is 2.30. The van der Waals surface area contributed by atoms with Crippen LogP contribution < -0.4 is 5.56 Å². The molecule has 0 radical (unpaired) electrons. The Bertz CT molecular complexity index is 1820. The van der Waals surface area contributed by atoms with Crippen molar-refractivity contribution in [2.45, 2.75) is 50.9 Å². The number of ether oxygens (including phenoxy) is 1. The minimum atomic E-state index is -0.557. The number of hydrogen-bond donors (Lipinski definition) is 2. The van der Waals surface area contributed by atoms with E-state index in [4.69, 9.17) is 4.74 Å². The van der Waals surface area contributed by atoms with Gasteiger partial charge in [-0.05, 0) is 67.1 Å². The van der Waals surface area contributed by atoms with Crippen LogP contribution in [0, 0.1) is 5.92 Å². The zero-order valence-corrected chi connectivity index (χ0v) is 25.3. The van der Waals surface area contributed by atoms with Gasteiger partial charge in [0.2, 0.25) is 0 Å². The fourth-order valence-corrected chi connectivity index (χ4v) is 6.96. The Morgan fingerprint density at radius 3 is 2.55 bits per heavy atom. The summed E-state index contributed by atoms with van der Waals surface area (Å²) < 4.78 is 8.23. The quantitative estimate of drug-likeness (QED) is 0.136. The minimum absolute atomic E-state index is 0.00954. The highest BCUT2D eigenvalue weighted by molar-refractivity contribution is 9.10. The Morgan fingerprint density at radius 2 is 1.76 bits per heavy atom. The number of esters is 1. The van der Waals surface area contributed by atoms with E-state index < -0.39 is 5.92 Å². The van der Waals surface area contributed by atoms with Gasteiger partial charge in [0.25, 0.3) is 5.56 Å². The predicted octanol–water partition coefficient (Wildman–Crippen LogP) is 7.72. The first-order chi connectivity index (χ1) is 20.4. The maximum absolute atomic E-state index is 14.0. The van der Waals surface area contributed by atoms with Crippen LogP contribution in [0.25, 0.3) is 21.8 Å². The molecule has 0 spiro atoms. The number of hydrogen-bond acceptors (Lipinski definition) is 4. The van der Waals surface area contributed by atoms with E-state index in [2.05, 4.69) is 27.0 Å². The lowest BCUT2D eigenvalue weighted by atomic mass is 9.85. The molecule has 7 heteroatoms. The summed E-state index contributed by atoms with van der Waals surface area (Å²) in [5.41, 5.74) is 4.50. The van der Waals surface area contributed by atoms with Crippen LogP contribution in [0.3, 0.4) is 0 Å². The van der Waals surface area contributed by atoms with Gasteiger partial charge >= 0.3 is 5.97 Å². The van der Waals surface area contributed by atoms with Gasteiger partial charge in [-0.15, -0.1) is 0 Å². The summed E-state index contributed by atoms with van der Waals surface area (Å²) in [6.07, 6.45) is 6.53. The van der Waals surface area contributed by atoms with Gasteiger partial charge in [-0.2, -0.15) is 0 Å². The maximum atomic E-state index is 14.0. The molecule has 2 N–H and O–H groups in total. The second kappa shape index (κ2) is 12.2. The van der Waals surface area contributed by atoms with E-state index in [0.29, 0.717) is 35.9 Å². The largest absolute Gasteiger partial charge is 0.507 e. The molecule has 0 aliphatic heterocycles. The molecule has 216 valence electrons. The number of nitrogens with one attached hydrogen (secondary N) is 1. The Hall–Kier alpha value is -3.84. The molecule has 3 aromatic carbocycles. The molecule has 2 heterocycles. The third-order valence-corrected chi connectivity index (χ3v) is 9.16. The fraction of sp³-hybridized carbons (Fsp3) is 0.314. The van der Waals surface area contributed by atoms with Crippen LogP contribution in [0.5, 0.6) is 5.75 Å². The number of rotatable bonds is 8. The molecule has 1 atom stereocenters. The van der Waals surface area contributed by atoms with Gasteiger partial charge in [0.15, 0.2) is 0 Å². The number of carbonyl (C=O) groups is 1. The van der Waals surface area contributed by atoms with E-state index in [1.807, 2.05) is 66.7 Å². The Kier molecular flexibility index (Phi) is 8.20. The van der Waals surface area contributed by atoms with E-state index in [9.17, 15) is 14.7 Å². The Labute approximate surface area is 253 Å². The van der Waals surface area contributed by atoms with E-state index in [-0.39, 0.29) is 23.2 Å². The molecule has 1 unspecified atom stereocenters. The minimum Gasteiger partial charge on any atom is -0.507 e. The second-order valence-electron chi connectivity index (χ2n) is 11.3. The van der Waals surface area contributed by atoms with Crippen molar-refractivity contribution in [3.63, 3.8) is 0 Å². The fourth-order valence-electron chi connectivity index (χ4n) is 6.54. The average Bonchev–Trinajstić information content (AvgIpc) is 3.38. The Balaban J connectivity index is 1.44. The van der Waals surface area contributed by atoms with Crippen LogP contribution in [0.15, 0.2) is 82.1 Å². The lowest BCUT2D eigenvalue weighted by molar-refractivity contribution is -0.149. The number of fused-ring (bicyclic) bond motifs is 2. The van der Waals surface area contributed by atoms with Gasteiger partial charge in [0, 0.05) is 33.5 Å². The van der Waals surface area contributed by atoms with Crippen molar-refractivity contribution in [1.82, 2.24) is 9.55 Å². The number of nitrogens with zero attached hydrogens (tertiary/aromatic N) is 1. The van der Waals surface area contributed by atoms with Gasteiger partial charge in [0.1, 0.15) is 5.75 Å². The molecule has 0 amide bonds. The summed E-state index contributed by atoms with van der Waals surface area (Å²) in [4.78, 5) is 30.3. The van der Waals surface area contributed by atoms with Crippen molar-refractivity contribution < 1.29 is 14.6 Å². The molecule has 42 heavy (non-hydrogen) atoms. The van der Waals surface area contributed by atoms with Crippen molar-refractivity contribution in [1.29, 1.82) is 0 Å². The summed E-state index contributed by atoms with van der Waals surface area (Å²) in [5.74, 6) is -0.622. The smallest absolute Gasteiger partial charge is 0.308 e. The molecule has 6 nitrogen and oxygen atoms in total. The lowest BCUT2D eigenvalue weighted by Crippen LogP contribution is -2.25. The van der Waals surface area contributed by atoms with Crippen molar-refractivity contribution in [2.24, 2.45) is 13.0 Å². The van der Waals surface area contributed by atoms with Crippen LogP contribution in [-0.2, 0) is 23.0 Å². The number of H-pyrrole nitrogens is 1. The van der Waals surface area contributed by atoms with Crippen LogP contribution in [0.4, 0.5) is 0 Å². The van der Waals surface area contributed by atoms with Crippen molar-refractivity contribution in [3.8, 4) is 5.75 Å². The standard InChI is InChI=1S/C35H35BrN2O4/c1-38-29-19-8-6-16-27(29)33(39)31(34(38)40)30(23-13-9-14-24(36)21-23)32-26(25-15-5-7-18-28(25)37-32)17-10-20-42-35(41)22-11-3-2-4-12-22/h5-9,13-16,18-19,21-22,30,37,39H,2-4,10-12,17,20H2,1H3. The van der Waals surface area contributed by atoms with Crippen LogP contribution in [0.1, 0.15) is 66.8 Å². The highest BCUT2D eigenvalue weighted by Crippen LogP contribution is 2.41. The number of para-hydroxylation sites is 2. The summed E-state index contributed by atoms with van der Waals surface area (Å²) >= 11 is 3.61. The number of carbonyl (C=O) groups excluding carboxylic acids is 1. The summed E-state index contributed by atoms with van der Waals surface area (Å²) in [6, 6.07) is 23.4. The molecule has 6 rings (SSSR count). The van der Waals surface area contributed by atoms with Crippen LogP contribution >= 0.6 is 15.9 Å². The first-order valence-corrected chi connectivity index (χ1v) is 15.6. The maximum Gasteiger partial charge on any atom is 0.308 e. The van der Waals surface area contributed by atoms with Crippen molar-refractivity contribution >= 4 is 43.7 Å². The number of aromatic hydroxyl groups is 1. The summed E-state index contributed by atoms with van der Waals surface area (Å²) in [5, 5.41) is 13.4. The molecular formula is C35H35BrN2O4. The van der Waals surface area contributed by atoms with Crippen molar-refractivity contribution in [2.75, 3.05) is 6.61 Å². The third kappa shape index (κ3) is 5.38. The molecular weight excluding hydrogens is 592 g/mol. The van der Waals surface area contributed by atoms with Gasteiger partial charge in [-0.3, -0.25) is 9.59 Å². The van der Waals surface area contributed by atoms with E-state index in [1.165, 1.54) is 6.42 Å². The molecule has 1 aliphatic rings. The number of benzene rings is 3. The average molecular weight is 628 g/mol. The summed E-state index contributed by atoms with van der Waals surface area (Å²) in [7, 11) is 1.75. The summed E-state index contributed by atoms with van der Waals surface area (Å²) in [6.45, 7) is 0.346. The topological polar surface area (TPSA) is 84.3 Å². The molecule has 1 fully saturated rings. The number of aromatic amines is 1. The van der Waals surface area contributed by atoms with Gasteiger partial charge in [-0.25, -0.2) is 0 Å². The third-order valence-electron chi connectivity index (χ3n) is 8.67. The molecule has 0 bridgehead atoms. The van der Waals surface area contributed by atoms with Gasteiger partial charge in [0.05, 0.1) is 29.5 Å². The van der Waals surface area contributed by atoms with E-state index in [0.717, 1.165) is 57.9 Å². The monoisotopic (exact) mass is 626 g/mol. The van der Waals surface area contributed by atoms with Gasteiger partial charge in [-0.1, -0.05) is 77.7 Å². The number of aryl methyl sites for hydroxylation is 2. The lowest BCUT2D eigenvalue weighted by Gasteiger charge is -2.22.